The maximum absolute atomic E-state index is 5.63. The van der Waals surface area contributed by atoms with E-state index < -0.39 is 0 Å². The topological polar surface area (TPSA) is 4.93 Å². The van der Waals surface area contributed by atoms with Gasteiger partial charge in [0, 0.05) is 33.9 Å². The first-order chi connectivity index (χ1) is 15.3. The Morgan fingerprint density at radius 3 is 1.81 bits per heavy atom. The number of para-hydroxylation sites is 1. The standard InChI is InChI=1S/C30H41N/c1-3-5-6-7-8-9-10-11-12-13-14-15-16-19-24-31-29-21-18-17-20-27(29)28-25-26(4-2)22-23-30(28)31/h2,17-18,20-23,25H,3,5-16,19,24H2,1H3. The van der Waals surface area contributed by atoms with Crippen LogP contribution in [0.3, 0.4) is 0 Å². The van der Waals surface area contributed by atoms with Gasteiger partial charge in [-0.15, -0.1) is 6.42 Å². The third-order valence-electron chi connectivity index (χ3n) is 6.67. The molecule has 0 unspecified atom stereocenters. The molecule has 0 aliphatic rings. The molecule has 0 saturated heterocycles. The smallest absolute Gasteiger partial charge is 0.0492 e. The molecule has 166 valence electrons. The quantitative estimate of drug-likeness (QED) is 0.172. The number of aromatic nitrogens is 1. The number of benzene rings is 2. The zero-order valence-electron chi connectivity index (χ0n) is 19.7. The van der Waals surface area contributed by atoms with E-state index in [2.05, 4.69) is 59.9 Å². The third kappa shape index (κ3) is 6.90. The van der Waals surface area contributed by atoms with E-state index in [0.717, 1.165) is 12.1 Å². The Bertz CT molecular complexity index is 956. The minimum Gasteiger partial charge on any atom is -0.340 e. The van der Waals surface area contributed by atoms with Gasteiger partial charge in [-0.25, -0.2) is 0 Å². The van der Waals surface area contributed by atoms with Gasteiger partial charge in [-0.2, -0.15) is 0 Å². The maximum atomic E-state index is 5.63. The van der Waals surface area contributed by atoms with Crippen molar-refractivity contribution in [1.82, 2.24) is 4.57 Å². The first-order valence-corrected chi connectivity index (χ1v) is 12.8. The summed E-state index contributed by atoms with van der Waals surface area (Å²) in [5, 5.41) is 2.61. The predicted molar refractivity (Wildman–Crippen MR) is 138 cm³/mol. The molecule has 0 aliphatic heterocycles. The summed E-state index contributed by atoms with van der Waals surface area (Å²) in [4.78, 5) is 0. The highest BCUT2D eigenvalue weighted by atomic mass is 15.0. The van der Waals surface area contributed by atoms with Gasteiger partial charge >= 0.3 is 0 Å². The molecule has 0 aliphatic carbocycles. The van der Waals surface area contributed by atoms with E-state index in [1.54, 1.807) is 0 Å². The van der Waals surface area contributed by atoms with Gasteiger partial charge in [0.25, 0.3) is 0 Å². The van der Waals surface area contributed by atoms with E-state index in [0.29, 0.717) is 0 Å². The second kappa shape index (κ2) is 13.3. The number of hydrogen-bond donors (Lipinski definition) is 0. The van der Waals surface area contributed by atoms with Crippen LogP contribution in [0.4, 0.5) is 0 Å². The Balaban J connectivity index is 1.34. The molecular formula is C30H41N. The van der Waals surface area contributed by atoms with Crippen LogP contribution < -0.4 is 0 Å². The summed E-state index contributed by atoms with van der Waals surface area (Å²) in [5.74, 6) is 2.78. The van der Waals surface area contributed by atoms with Crippen LogP contribution in [0.15, 0.2) is 42.5 Å². The van der Waals surface area contributed by atoms with Gasteiger partial charge in [0.05, 0.1) is 0 Å². The molecule has 2 aromatic carbocycles. The number of terminal acetylenes is 1. The van der Waals surface area contributed by atoms with Gasteiger partial charge < -0.3 is 4.57 Å². The fourth-order valence-electron chi connectivity index (χ4n) is 4.85. The molecule has 0 N–H and O–H groups in total. The highest BCUT2D eigenvalue weighted by molar-refractivity contribution is 6.08. The van der Waals surface area contributed by atoms with Crippen LogP contribution in [-0.2, 0) is 6.54 Å². The van der Waals surface area contributed by atoms with Gasteiger partial charge in [-0.05, 0) is 30.7 Å². The van der Waals surface area contributed by atoms with Gasteiger partial charge in [0.2, 0.25) is 0 Å². The summed E-state index contributed by atoms with van der Waals surface area (Å²) in [6.07, 6.45) is 25.3. The average molecular weight is 416 g/mol. The van der Waals surface area contributed by atoms with Crippen molar-refractivity contribution in [3.63, 3.8) is 0 Å². The lowest BCUT2D eigenvalue weighted by atomic mass is 10.0. The molecular weight excluding hydrogens is 374 g/mol. The van der Waals surface area contributed by atoms with Gasteiger partial charge in [0.15, 0.2) is 0 Å². The Labute approximate surface area is 190 Å². The number of hydrogen-bond acceptors (Lipinski definition) is 0. The van der Waals surface area contributed by atoms with Crippen molar-refractivity contribution in [3.8, 4) is 12.3 Å². The Hall–Kier alpha value is -2.20. The lowest BCUT2D eigenvalue weighted by Crippen LogP contribution is -1.97. The lowest BCUT2D eigenvalue weighted by Gasteiger charge is -2.08. The monoisotopic (exact) mass is 415 g/mol. The molecule has 0 bridgehead atoms. The molecule has 3 aromatic rings. The number of rotatable bonds is 15. The second-order valence-electron chi connectivity index (χ2n) is 9.14. The van der Waals surface area contributed by atoms with Crippen molar-refractivity contribution in [1.29, 1.82) is 0 Å². The molecule has 1 heterocycles. The average Bonchev–Trinajstić information content (AvgIpc) is 3.12. The minimum absolute atomic E-state index is 0.965. The van der Waals surface area contributed by atoms with Crippen LogP contribution in [0, 0.1) is 12.3 Å². The maximum Gasteiger partial charge on any atom is 0.0492 e. The highest BCUT2D eigenvalue weighted by Crippen LogP contribution is 2.30. The van der Waals surface area contributed by atoms with Crippen molar-refractivity contribution >= 4 is 21.8 Å². The van der Waals surface area contributed by atoms with E-state index >= 15 is 0 Å². The normalized spacial score (nSPS) is 11.4. The molecule has 1 aromatic heterocycles. The molecule has 1 nitrogen and oxygen atoms in total. The van der Waals surface area contributed by atoms with Crippen LogP contribution >= 0.6 is 0 Å². The number of fused-ring (bicyclic) bond motifs is 3. The molecule has 0 atom stereocenters. The molecule has 1 heteroatoms. The molecule has 0 amide bonds. The Morgan fingerprint density at radius 2 is 1.19 bits per heavy atom. The van der Waals surface area contributed by atoms with E-state index in [-0.39, 0.29) is 0 Å². The summed E-state index contributed by atoms with van der Waals surface area (Å²) >= 11 is 0. The van der Waals surface area contributed by atoms with Crippen LogP contribution in [-0.4, -0.2) is 4.57 Å². The van der Waals surface area contributed by atoms with Gasteiger partial charge in [-0.3, -0.25) is 0 Å². The first-order valence-electron chi connectivity index (χ1n) is 12.8. The Kier molecular flexibility index (Phi) is 10.0. The van der Waals surface area contributed by atoms with Crippen LogP contribution in [0.5, 0.6) is 0 Å². The largest absolute Gasteiger partial charge is 0.340 e. The number of unbranched alkanes of at least 4 members (excludes halogenated alkanes) is 13. The molecule has 0 spiro atoms. The molecule has 3 rings (SSSR count). The van der Waals surface area contributed by atoms with Gasteiger partial charge in [-0.1, -0.05) is 115 Å². The predicted octanol–water partition coefficient (Wildman–Crippen LogP) is 9.26. The summed E-state index contributed by atoms with van der Waals surface area (Å²) in [6, 6.07) is 15.2. The number of nitrogens with zero attached hydrogens (tertiary/aromatic N) is 1. The van der Waals surface area contributed by atoms with Crippen LogP contribution in [0.25, 0.3) is 21.8 Å². The SMILES string of the molecule is C#Cc1ccc2c(c1)c1ccccc1n2CCCCCCCCCCCCCCCC. The molecule has 0 saturated carbocycles. The van der Waals surface area contributed by atoms with E-state index in [4.69, 9.17) is 6.42 Å². The van der Waals surface area contributed by atoms with Crippen molar-refractivity contribution in [2.24, 2.45) is 0 Å². The third-order valence-corrected chi connectivity index (χ3v) is 6.67. The van der Waals surface area contributed by atoms with E-state index in [9.17, 15) is 0 Å². The first kappa shape index (κ1) is 23.5. The summed E-state index contributed by atoms with van der Waals surface area (Å²) in [5.41, 5.74) is 3.61. The van der Waals surface area contributed by atoms with E-state index in [1.807, 2.05) is 0 Å². The number of aryl methyl sites for hydroxylation is 1. The molecule has 0 fully saturated rings. The fourth-order valence-corrected chi connectivity index (χ4v) is 4.85. The summed E-state index contributed by atoms with van der Waals surface area (Å²) in [7, 11) is 0. The fraction of sp³-hybridized carbons (Fsp3) is 0.533. The zero-order chi connectivity index (χ0) is 21.7. The zero-order valence-corrected chi connectivity index (χ0v) is 19.7. The van der Waals surface area contributed by atoms with Crippen molar-refractivity contribution in [3.05, 3.63) is 48.0 Å². The van der Waals surface area contributed by atoms with Crippen LogP contribution in [0.2, 0.25) is 0 Å². The van der Waals surface area contributed by atoms with Gasteiger partial charge in [0.1, 0.15) is 0 Å². The van der Waals surface area contributed by atoms with E-state index in [1.165, 1.54) is 112 Å². The van der Waals surface area contributed by atoms with Crippen molar-refractivity contribution in [2.75, 3.05) is 0 Å². The second-order valence-corrected chi connectivity index (χ2v) is 9.14. The lowest BCUT2D eigenvalue weighted by molar-refractivity contribution is 0.528. The molecule has 31 heavy (non-hydrogen) atoms. The Morgan fingerprint density at radius 1 is 0.645 bits per heavy atom. The van der Waals surface area contributed by atoms with Crippen molar-refractivity contribution in [2.45, 2.75) is 103 Å². The minimum atomic E-state index is 0.965. The summed E-state index contributed by atoms with van der Waals surface area (Å²) < 4.78 is 2.49. The van der Waals surface area contributed by atoms with Crippen molar-refractivity contribution < 1.29 is 0 Å². The highest BCUT2D eigenvalue weighted by Gasteiger charge is 2.10. The summed E-state index contributed by atoms with van der Waals surface area (Å²) in [6.45, 7) is 3.39. The van der Waals surface area contributed by atoms with Crippen LogP contribution in [0.1, 0.15) is 102 Å². The molecule has 0 radical (unpaired) electrons.